The van der Waals surface area contributed by atoms with E-state index in [9.17, 15) is 15.0 Å². The monoisotopic (exact) mass is 296 g/mol. The van der Waals surface area contributed by atoms with Crippen molar-refractivity contribution in [1.29, 1.82) is 0 Å². The Morgan fingerprint density at radius 3 is 2.24 bits per heavy atom. The van der Waals surface area contributed by atoms with Gasteiger partial charge in [0.1, 0.15) is 6.61 Å². The molecule has 0 aliphatic carbocycles. The van der Waals surface area contributed by atoms with Crippen LogP contribution < -0.4 is 0 Å². The van der Waals surface area contributed by atoms with Crippen molar-refractivity contribution in [3.63, 3.8) is 0 Å². The van der Waals surface area contributed by atoms with Crippen LogP contribution in [0.1, 0.15) is 33.3 Å². The Morgan fingerprint density at radius 2 is 1.86 bits per heavy atom. The van der Waals surface area contributed by atoms with Gasteiger partial charge in [0, 0.05) is 11.1 Å². The number of rotatable bonds is 3. The largest absolute Gasteiger partial charge is 0.504 e. The van der Waals surface area contributed by atoms with Crippen molar-refractivity contribution in [3.8, 4) is 11.5 Å². The first kappa shape index (κ1) is 19.0. The molecule has 0 aromatic heterocycles. The molecule has 0 unspecified atom stereocenters. The van der Waals surface area contributed by atoms with Crippen LogP contribution in [0, 0.1) is 0 Å². The third-order valence-electron chi connectivity index (χ3n) is 2.50. The van der Waals surface area contributed by atoms with E-state index in [2.05, 4.69) is 11.3 Å². The minimum absolute atomic E-state index is 0.00926. The topological polar surface area (TPSA) is 87.0 Å². The molecule has 3 N–H and O–H groups in total. The molecule has 118 valence electrons. The molecule has 0 amide bonds. The van der Waals surface area contributed by atoms with Gasteiger partial charge in [0.05, 0.1) is 6.61 Å². The summed E-state index contributed by atoms with van der Waals surface area (Å²) in [6, 6.07) is 5.02. The maximum Gasteiger partial charge on any atom is 0.333 e. The fourth-order valence-electron chi connectivity index (χ4n) is 1.40. The maximum absolute atomic E-state index is 10.5. The number of phenols is 2. The number of aromatic hydroxyl groups is 2. The van der Waals surface area contributed by atoms with Gasteiger partial charge < -0.3 is 20.1 Å². The van der Waals surface area contributed by atoms with Gasteiger partial charge in [0.2, 0.25) is 0 Å². The maximum atomic E-state index is 10.5. The minimum Gasteiger partial charge on any atom is -0.504 e. The lowest BCUT2D eigenvalue weighted by Gasteiger charge is -2.20. The molecule has 0 aliphatic rings. The average molecular weight is 296 g/mol. The van der Waals surface area contributed by atoms with Crippen molar-refractivity contribution >= 4 is 5.97 Å². The lowest BCUT2D eigenvalue weighted by Crippen LogP contribution is -2.10. The number of ether oxygens (including phenoxy) is 1. The van der Waals surface area contributed by atoms with E-state index >= 15 is 0 Å². The summed E-state index contributed by atoms with van der Waals surface area (Å²) in [6.07, 6.45) is 0. The van der Waals surface area contributed by atoms with Crippen molar-refractivity contribution in [2.24, 2.45) is 0 Å². The number of hydrogen-bond donors (Lipinski definition) is 3. The van der Waals surface area contributed by atoms with Crippen molar-refractivity contribution in [3.05, 3.63) is 35.9 Å². The molecule has 0 saturated carbocycles. The van der Waals surface area contributed by atoms with E-state index in [1.54, 1.807) is 13.0 Å². The average Bonchev–Trinajstić information content (AvgIpc) is 2.38. The van der Waals surface area contributed by atoms with Crippen molar-refractivity contribution in [2.45, 2.75) is 33.1 Å². The fraction of sp³-hybridized carbons (Fsp3) is 0.438. The zero-order chi connectivity index (χ0) is 16.6. The summed E-state index contributed by atoms with van der Waals surface area (Å²) in [5.41, 5.74) is 0.981. The molecule has 0 heterocycles. The third kappa shape index (κ3) is 6.81. The molecule has 21 heavy (non-hydrogen) atoms. The minimum atomic E-state index is -0.455. The smallest absolute Gasteiger partial charge is 0.333 e. The number of para-hydroxylation sites is 1. The van der Waals surface area contributed by atoms with Crippen LogP contribution in [0.25, 0.3) is 0 Å². The van der Waals surface area contributed by atoms with Crippen molar-refractivity contribution in [2.75, 3.05) is 13.2 Å². The highest BCUT2D eigenvalue weighted by molar-refractivity contribution is 5.86. The molecular formula is C16H24O5. The summed E-state index contributed by atoms with van der Waals surface area (Å²) in [6.45, 7) is 10.8. The van der Waals surface area contributed by atoms with Gasteiger partial charge in [-0.3, -0.25) is 0 Å². The second-order valence-corrected chi connectivity index (χ2v) is 5.56. The molecule has 0 aliphatic heterocycles. The van der Waals surface area contributed by atoms with Crippen LogP contribution in [0.2, 0.25) is 0 Å². The van der Waals surface area contributed by atoms with E-state index in [1.165, 1.54) is 6.07 Å². The Morgan fingerprint density at radius 1 is 1.29 bits per heavy atom. The summed E-state index contributed by atoms with van der Waals surface area (Å²) in [7, 11) is 0. The number of aliphatic hydroxyl groups is 1. The highest BCUT2D eigenvalue weighted by Gasteiger charge is 2.19. The van der Waals surface area contributed by atoms with Crippen LogP contribution in [0.4, 0.5) is 0 Å². The van der Waals surface area contributed by atoms with Crippen molar-refractivity contribution in [1.82, 2.24) is 0 Å². The van der Waals surface area contributed by atoms with Gasteiger partial charge >= 0.3 is 5.97 Å². The molecule has 1 aromatic carbocycles. The number of esters is 1. The zero-order valence-electron chi connectivity index (χ0n) is 13.0. The first-order chi connectivity index (χ1) is 9.61. The van der Waals surface area contributed by atoms with E-state index < -0.39 is 5.97 Å². The van der Waals surface area contributed by atoms with E-state index in [0.29, 0.717) is 5.57 Å². The van der Waals surface area contributed by atoms with E-state index in [1.807, 2.05) is 26.8 Å². The summed E-state index contributed by atoms with van der Waals surface area (Å²) >= 11 is 0. The quantitative estimate of drug-likeness (QED) is 0.453. The molecule has 0 saturated heterocycles. The van der Waals surface area contributed by atoms with E-state index in [4.69, 9.17) is 5.11 Å². The van der Waals surface area contributed by atoms with Crippen molar-refractivity contribution < 1.29 is 24.9 Å². The first-order valence-electron chi connectivity index (χ1n) is 6.56. The highest BCUT2D eigenvalue weighted by Crippen LogP contribution is 2.36. The van der Waals surface area contributed by atoms with Gasteiger partial charge in [-0.05, 0) is 18.4 Å². The highest BCUT2D eigenvalue weighted by atomic mass is 16.5. The molecular weight excluding hydrogens is 272 g/mol. The molecule has 1 rings (SSSR count). The molecule has 1 aromatic rings. The number of carbonyl (C=O) groups is 1. The first-order valence-corrected chi connectivity index (χ1v) is 6.56. The summed E-state index contributed by atoms with van der Waals surface area (Å²) in [5.74, 6) is -0.517. The van der Waals surface area contributed by atoms with E-state index in [-0.39, 0.29) is 30.1 Å². The van der Waals surface area contributed by atoms with Gasteiger partial charge in [-0.2, -0.15) is 0 Å². The SMILES string of the molecule is C=C(C)C(=O)OCCO.CC(C)(C)c1cccc(O)c1O. The van der Waals surface area contributed by atoms with Crippen LogP contribution in [0.3, 0.4) is 0 Å². The van der Waals surface area contributed by atoms with E-state index in [0.717, 1.165) is 5.56 Å². The standard InChI is InChI=1S/C10H14O2.C6H10O3/c1-10(2,3)7-5-4-6-8(11)9(7)12;1-5(2)6(8)9-4-3-7/h4-6,11-12H,1-3H3;7H,1,3-4H2,2H3. The number of hydrogen-bond acceptors (Lipinski definition) is 5. The zero-order valence-corrected chi connectivity index (χ0v) is 13.0. The summed E-state index contributed by atoms with van der Waals surface area (Å²) in [4.78, 5) is 10.5. The van der Waals surface area contributed by atoms with Gasteiger partial charge in [-0.1, -0.05) is 39.5 Å². The third-order valence-corrected chi connectivity index (χ3v) is 2.50. The Labute approximate surface area is 125 Å². The molecule has 0 spiro atoms. The Balaban J connectivity index is 0.000000400. The second kappa shape index (κ2) is 8.32. The molecule has 5 nitrogen and oxygen atoms in total. The molecule has 0 bridgehead atoms. The van der Waals surface area contributed by atoms with Gasteiger partial charge in [-0.25, -0.2) is 4.79 Å². The number of phenolic OH excluding ortho intramolecular Hbond substituents is 2. The van der Waals surface area contributed by atoms with Gasteiger partial charge in [-0.15, -0.1) is 0 Å². The van der Waals surface area contributed by atoms with Crippen LogP contribution in [-0.2, 0) is 14.9 Å². The molecule has 5 heteroatoms. The lowest BCUT2D eigenvalue weighted by atomic mass is 9.86. The summed E-state index contributed by atoms with van der Waals surface area (Å²) < 4.78 is 4.46. The number of carbonyl (C=O) groups excluding carboxylic acids is 1. The Kier molecular flexibility index (Phi) is 7.52. The molecule has 0 radical (unpaired) electrons. The van der Waals surface area contributed by atoms with Gasteiger partial charge in [0.15, 0.2) is 11.5 Å². The summed E-state index contributed by atoms with van der Waals surface area (Å²) in [5, 5.41) is 26.9. The van der Waals surface area contributed by atoms with Crippen LogP contribution in [-0.4, -0.2) is 34.5 Å². The lowest BCUT2D eigenvalue weighted by molar-refractivity contribution is -0.139. The van der Waals surface area contributed by atoms with Gasteiger partial charge in [0.25, 0.3) is 0 Å². The molecule has 0 fully saturated rings. The molecule has 0 atom stereocenters. The number of benzene rings is 1. The van der Waals surface area contributed by atoms with Crippen LogP contribution >= 0.6 is 0 Å². The predicted octanol–water partition coefficient (Wildman–Crippen LogP) is 2.49. The van der Waals surface area contributed by atoms with Crippen LogP contribution in [0.5, 0.6) is 11.5 Å². The Bertz CT molecular complexity index is 486. The number of aliphatic hydroxyl groups excluding tert-OH is 1. The Hall–Kier alpha value is -2.01. The van der Waals surface area contributed by atoms with Crippen LogP contribution in [0.15, 0.2) is 30.4 Å². The predicted molar refractivity (Wildman–Crippen MR) is 81.3 cm³/mol. The fourth-order valence-corrected chi connectivity index (χ4v) is 1.40. The normalized spacial score (nSPS) is 10.3. The second-order valence-electron chi connectivity index (χ2n) is 5.56.